The molecule has 3 aliphatic rings. The first-order valence-corrected chi connectivity index (χ1v) is 10.8. The van der Waals surface area contributed by atoms with Crippen LogP contribution in [0, 0.1) is 11.2 Å². The molecule has 1 aromatic carbocycles. The molecule has 0 bridgehead atoms. The average molecular weight is 413 g/mol. The summed E-state index contributed by atoms with van der Waals surface area (Å²) >= 11 is 0. The normalized spacial score (nSPS) is 26.8. The van der Waals surface area contributed by atoms with E-state index in [1.165, 1.54) is 0 Å². The van der Waals surface area contributed by atoms with E-state index >= 15 is 4.39 Å². The maximum absolute atomic E-state index is 15.9. The highest BCUT2D eigenvalue weighted by atomic mass is 19.1. The Balaban J connectivity index is 1.73. The number of anilines is 2. The molecule has 0 N–H and O–H groups in total. The lowest BCUT2D eigenvalue weighted by molar-refractivity contribution is -0.0432. The molecule has 7 nitrogen and oxygen atoms in total. The molecule has 5 rings (SSSR count). The first-order valence-electron chi connectivity index (χ1n) is 10.8. The molecule has 1 saturated heterocycles. The van der Waals surface area contributed by atoms with Crippen molar-refractivity contribution in [3.05, 3.63) is 17.4 Å². The van der Waals surface area contributed by atoms with E-state index < -0.39 is 5.41 Å². The fourth-order valence-electron chi connectivity index (χ4n) is 5.53. The van der Waals surface area contributed by atoms with Crippen molar-refractivity contribution in [2.75, 3.05) is 36.1 Å². The van der Waals surface area contributed by atoms with Crippen LogP contribution in [0.2, 0.25) is 0 Å². The Morgan fingerprint density at radius 1 is 1.23 bits per heavy atom. The van der Waals surface area contributed by atoms with Crippen molar-refractivity contribution in [1.29, 1.82) is 0 Å². The highest BCUT2D eigenvalue weighted by Crippen LogP contribution is 2.48. The second-order valence-corrected chi connectivity index (χ2v) is 8.56. The quantitative estimate of drug-likeness (QED) is 0.771. The molecule has 3 atom stereocenters. The summed E-state index contributed by atoms with van der Waals surface area (Å²) in [7, 11) is 0. The number of hydrogen-bond acceptors (Lipinski definition) is 7. The lowest BCUT2D eigenvalue weighted by Crippen LogP contribution is -2.65. The Bertz CT molecular complexity index is 1020. The van der Waals surface area contributed by atoms with Crippen LogP contribution in [0.1, 0.15) is 33.3 Å². The molecule has 1 aromatic heterocycles. The molecule has 0 amide bonds. The van der Waals surface area contributed by atoms with Crippen LogP contribution in [-0.4, -0.2) is 62.1 Å². The molecule has 4 heterocycles. The van der Waals surface area contributed by atoms with Gasteiger partial charge in [0.2, 0.25) is 5.58 Å². The molecule has 30 heavy (non-hydrogen) atoms. The van der Waals surface area contributed by atoms with E-state index in [1.807, 2.05) is 19.4 Å². The number of hydrogen-bond donors (Lipinski definition) is 0. The molecular formula is C22H28FN5O2. The lowest BCUT2D eigenvalue weighted by atomic mass is 9.69. The highest BCUT2D eigenvalue weighted by molar-refractivity contribution is 5.97. The number of halogens is 1. The molecular weight excluding hydrogens is 385 g/mol. The third-order valence-electron chi connectivity index (χ3n) is 6.64. The number of rotatable bonds is 3. The molecule has 0 radical (unpaired) electrons. The van der Waals surface area contributed by atoms with Gasteiger partial charge < -0.3 is 19.1 Å². The predicted octanol–water partition coefficient (Wildman–Crippen LogP) is 3.45. The molecule has 1 spiro atoms. The zero-order chi connectivity index (χ0) is 21.0. The minimum Gasteiger partial charge on any atom is -0.372 e. The van der Waals surface area contributed by atoms with Gasteiger partial charge in [-0.15, -0.1) is 0 Å². The highest BCUT2D eigenvalue weighted by Gasteiger charge is 2.52. The van der Waals surface area contributed by atoms with E-state index in [9.17, 15) is 0 Å². The van der Waals surface area contributed by atoms with Gasteiger partial charge in [-0.3, -0.25) is 9.98 Å². The molecule has 0 aliphatic carbocycles. The Kier molecular flexibility index (Phi) is 4.57. The van der Waals surface area contributed by atoms with Crippen molar-refractivity contribution < 1.29 is 13.7 Å². The minimum atomic E-state index is -0.419. The van der Waals surface area contributed by atoms with Gasteiger partial charge in [0, 0.05) is 32.1 Å². The zero-order valence-corrected chi connectivity index (χ0v) is 17.9. The maximum atomic E-state index is 15.9. The van der Waals surface area contributed by atoms with E-state index in [4.69, 9.17) is 9.26 Å². The Morgan fingerprint density at radius 2 is 1.97 bits per heavy atom. The van der Waals surface area contributed by atoms with Crippen LogP contribution < -0.4 is 9.80 Å². The Morgan fingerprint density at radius 3 is 2.67 bits per heavy atom. The molecule has 2 aromatic rings. The molecule has 8 heteroatoms. The standard InChI is InChI=1S/C22H28FN5O2/c1-5-27(6-2)21-16-7-15-8-22(10-24-12-25-11-22)20-14(4)29-13(3)9-28(20)18(15)17(23)19(16)30-26-21/h7,10-11,13-14,20H,5-6,8-9,12H2,1-4H3/t13-,14+,20-/m1/s1. The third kappa shape index (κ3) is 2.69. The van der Waals surface area contributed by atoms with Gasteiger partial charge in [-0.05, 0) is 45.7 Å². The van der Waals surface area contributed by atoms with Crippen LogP contribution in [0.5, 0.6) is 0 Å². The smallest absolute Gasteiger partial charge is 0.206 e. The van der Waals surface area contributed by atoms with Crippen LogP contribution in [0.25, 0.3) is 11.0 Å². The third-order valence-corrected chi connectivity index (χ3v) is 6.64. The largest absolute Gasteiger partial charge is 0.372 e. The first-order chi connectivity index (χ1) is 14.5. The summed E-state index contributed by atoms with van der Waals surface area (Å²) in [5.74, 6) is 0.363. The Labute approximate surface area is 175 Å². The number of ether oxygens (including phenoxy) is 1. The molecule has 160 valence electrons. The summed E-state index contributed by atoms with van der Waals surface area (Å²) in [6, 6.07) is 1.97. The average Bonchev–Trinajstić information content (AvgIpc) is 3.13. The van der Waals surface area contributed by atoms with Crippen LogP contribution in [0.3, 0.4) is 0 Å². The van der Waals surface area contributed by atoms with Crippen LogP contribution in [-0.2, 0) is 11.2 Å². The molecule has 1 fully saturated rings. The van der Waals surface area contributed by atoms with Crippen molar-refractivity contribution in [2.24, 2.45) is 15.4 Å². The maximum Gasteiger partial charge on any atom is 0.206 e. The molecule has 3 aliphatic heterocycles. The fraction of sp³-hybridized carbons (Fsp3) is 0.591. The summed E-state index contributed by atoms with van der Waals surface area (Å²) in [5.41, 5.74) is 1.35. The van der Waals surface area contributed by atoms with Crippen LogP contribution in [0.4, 0.5) is 15.9 Å². The SMILES string of the molecule is CCN(CC)c1noc2c(F)c3c(cc12)CC1(C=NCN=C1)[C@H]1[C@H](C)O[C@H](C)CN31. The summed E-state index contributed by atoms with van der Waals surface area (Å²) in [5, 5.41) is 4.95. The zero-order valence-electron chi connectivity index (χ0n) is 17.9. The van der Waals surface area contributed by atoms with Gasteiger partial charge in [0.1, 0.15) is 6.67 Å². The van der Waals surface area contributed by atoms with Gasteiger partial charge in [0.05, 0.1) is 34.7 Å². The summed E-state index contributed by atoms with van der Waals surface area (Å²) in [4.78, 5) is 13.2. The number of aromatic nitrogens is 1. The van der Waals surface area contributed by atoms with E-state index in [2.05, 4.69) is 51.8 Å². The predicted molar refractivity (Wildman–Crippen MR) is 117 cm³/mol. The number of morpholine rings is 1. The summed E-state index contributed by atoms with van der Waals surface area (Å²) in [6.07, 6.45) is 4.52. The van der Waals surface area contributed by atoms with E-state index in [1.54, 1.807) is 0 Å². The molecule has 0 unspecified atom stereocenters. The van der Waals surface area contributed by atoms with Gasteiger partial charge >= 0.3 is 0 Å². The Hall–Kier alpha value is -2.48. The summed E-state index contributed by atoms with van der Waals surface area (Å²) in [6.45, 7) is 10.8. The monoisotopic (exact) mass is 413 g/mol. The lowest BCUT2D eigenvalue weighted by Gasteiger charge is -2.54. The van der Waals surface area contributed by atoms with Gasteiger partial charge in [0.25, 0.3) is 0 Å². The molecule has 0 saturated carbocycles. The van der Waals surface area contributed by atoms with Gasteiger partial charge in [0.15, 0.2) is 11.6 Å². The fourth-order valence-corrected chi connectivity index (χ4v) is 5.53. The number of aliphatic imine (C=N–C) groups is 2. The van der Waals surface area contributed by atoms with Crippen LogP contribution >= 0.6 is 0 Å². The van der Waals surface area contributed by atoms with Crippen molar-refractivity contribution in [3.63, 3.8) is 0 Å². The number of benzene rings is 1. The second kappa shape index (κ2) is 7.04. The van der Waals surface area contributed by atoms with Gasteiger partial charge in [-0.1, -0.05) is 5.16 Å². The number of nitrogens with zero attached hydrogens (tertiary/aromatic N) is 5. The van der Waals surface area contributed by atoms with E-state index in [0.717, 1.165) is 24.0 Å². The van der Waals surface area contributed by atoms with E-state index in [0.29, 0.717) is 31.1 Å². The van der Waals surface area contributed by atoms with Crippen molar-refractivity contribution in [1.82, 2.24) is 5.16 Å². The van der Waals surface area contributed by atoms with Crippen LogP contribution in [0.15, 0.2) is 20.6 Å². The topological polar surface area (TPSA) is 66.5 Å². The van der Waals surface area contributed by atoms with Gasteiger partial charge in [-0.25, -0.2) is 4.39 Å². The second-order valence-electron chi connectivity index (χ2n) is 8.56. The minimum absolute atomic E-state index is 0.00669. The van der Waals surface area contributed by atoms with Crippen molar-refractivity contribution in [2.45, 2.75) is 52.4 Å². The summed E-state index contributed by atoms with van der Waals surface area (Å²) < 4.78 is 27.6. The van der Waals surface area contributed by atoms with Gasteiger partial charge in [-0.2, -0.15) is 0 Å². The number of fused-ring (bicyclic) bond motifs is 5. The van der Waals surface area contributed by atoms with Crippen molar-refractivity contribution in [3.8, 4) is 0 Å². The van der Waals surface area contributed by atoms with E-state index in [-0.39, 0.29) is 29.7 Å². The first kappa shape index (κ1) is 19.5. The van der Waals surface area contributed by atoms with Crippen molar-refractivity contribution >= 4 is 34.9 Å².